The van der Waals surface area contributed by atoms with Crippen LogP contribution in [-0.2, 0) is 17.1 Å². The molecule has 1 aromatic rings. The Bertz CT molecular complexity index is 530. The van der Waals surface area contributed by atoms with Gasteiger partial charge in [0.05, 0.1) is 6.10 Å². The van der Waals surface area contributed by atoms with Crippen molar-refractivity contribution in [3.8, 4) is 0 Å². The van der Waals surface area contributed by atoms with Crippen LogP contribution in [0.3, 0.4) is 0 Å². The first kappa shape index (κ1) is 14.9. The van der Waals surface area contributed by atoms with E-state index in [-0.39, 0.29) is 15.5 Å². The van der Waals surface area contributed by atoms with Gasteiger partial charge in [0, 0.05) is 20.1 Å². The van der Waals surface area contributed by atoms with Crippen LogP contribution in [0.2, 0.25) is 0 Å². The van der Waals surface area contributed by atoms with Gasteiger partial charge < -0.3 is 5.11 Å². The quantitative estimate of drug-likeness (QED) is 0.848. The smallest absolute Gasteiger partial charge is 0.263 e. The van der Waals surface area contributed by atoms with Gasteiger partial charge >= 0.3 is 0 Å². The molecule has 2 rings (SSSR count). The lowest BCUT2D eigenvalue weighted by Gasteiger charge is -2.32. The zero-order chi connectivity index (χ0) is 14.2. The summed E-state index contributed by atoms with van der Waals surface area (Å²) in [5.74, 6) is 0.166. The molecule has 9 heteroatoms. The van der Waals surface area contributed by atoms with E-state index in [2.05, 4.69) is 26.2 Å². The molecule has 0 bridgehead atoms. The number of halogens is 1. The summed E-state index contributed by atoms with van der Waals surface area (Å²) in [6.45, 7) is 2.57. The molecule has 1 saturated heterocycles. The van der Waals surface area contributed by atoms with Crippen LogP contribution in [0, 0.1) is 5.92 Å². The highest BCUT2D eigenvalue weighted by atomic mass is 79.9. The molecule has 0 radical (unpaired) electrons. The SMILES string of the molecule is CC(O)C1CCN(S(=O)(=O)c2c(Br)nnn2C)CC1. The molecule has 1 fully saturated rings. The van der Waals surface area contributed by atoms with Gasteiger partial charge in [0.15, 0.2) is 4.60 Å². The van der Waals surface area contributed by atoms with Crippen molar-refractivity contribution in [1.29, 1.82) is 0 Å². The van der Waals surface area contributed by atoms with Crippen molar-refractivity contribution >= 4 is 26.0 Å². The summed E-state index contributed by atoms with van der Waals surface area (Å²) in [5, 5.41) is 17.0. The fraction of sp³-hybridized carbons (Fsp3) is 0.800. The second-order valence-electron chi connectivity index (χ2n) is 4.79. The average molecular weight is 353 g/mol. The minimum Gasteiger partial charge on any atom is -0.393 e. The molecule has 2 heterocycles. The summed E-state index contributed by atoms with van der Waals surface area (Å²) in [5.41, 5.74) is 0. The average Bonchev–Trinajstić information content (AvgIpc) is 2.69. The van der Waals surface area contributed by atoms with Crippen molar-refractivity contribution in [3.05, 3.63) is 4.60 Å². The van der Waals surface area contributed by atoms with E-state index < -0.39 is 16.1 Å². The van der Waals surface area contributed by atoms with Crippen LogP contribution < -0.4 is 0 Å². The molecule has 1 unspecified atom stereocenters. The molecule has 1 aromatic heterocycles. The standard InChI is InChI=1S/C10H17BrN4O3S/c1-7(16)8-3-5-15(6-4-8)19(17,18)10-9(11)12-13-14(10)2/h7-8,16H,3-6H2,1-2H3. The maximum atomic E-state index is 12.5. The lowest BCUT2D eigenvalue weighted by atomic mass is 9.93. The van der Waals surface area contributed by atoms with Gasteiger partial charge in [0.2, 0.25) is 5.03 Å². The van der Waals surface area contributed by atoms with Crippen molar-refractivity contribution in [2.24, 2.45) is 13.0 Å². The molecular formula is C10H17BrN4O3S. The molecule has 0 amide bonds. The first-order valence-electron chi connectivity index (χ1n) is 6.07. The Morgan fingerprint density at radius 3 is 2.42 bits per heavy atom. The van der Waals surface area contributed by atoms with Gasteiger partial charge in [0.25, 0.3) is 10.0 Å². The second kappa shape index (κ2) is 5.47. The van der Waals surface area contributed by atoms with Crippen LogP contribution in [0.15, 0.2) is 9.63 Å². The monoisotopic (exact) mass is 352 g/mol. The molecule has 1 aliphatic heterocycles. The van der Waals surface area contributed by atoms with Crippen LogP contribution in [0.25, 0.3) is 0 Å². The van der Waals surface area contributed by atoms with Crippen LogP contribution in [0.4, 0.5) is 0 Å². The van der Waals surface area contributed by atoms with E-state index in [0.29, 0.717) is 25.9 Å². The van der Waals surface area contributed by atoms with Gasteiger partial charge in [-0.05, 0) is 41.6 Å². The van der Waals surface area contributed by atoms with E-state index in [4.69, 9.17) is 0 Å². The Morgan fingerprint density at radius 1 is 1.42 bits per heavy atom. The Hall–Kier alpha value is -0.510. The highest BCUT2D eigenvalue weighted by Crippen LogP contribution is 2.27. The predicted octanol–water partition coefficient (Wildman–Crippen LogP) is 0.359. The second-order valence-corrected chi connectivity index (χ2v) is 7.40. The van der Waals surface area contributed by atoms with Gasteiger partial charge in [-0.1, -0.05) is 5.21 Å². The molecule has 0 aromatic carbocycles. The summed E-state index contributed by atoms with van der Waals surface area (Å²) >= 11 is 3.11. The molecule has 108 valence electrons. The number of hydrogen-bond acceptors (Lipinski definition) is 5. The van der Waals surface area contributed by atoms with Crippen molar-refractivity contribution in [3.63, 3.8) is 0 Å². The van der Waals surface area contributed by atoms with Crippen molar-refractivity contribution < 1.29 is 13.5 Å². The first-order chi connectivity index (χ1) is 8.84. The summed E-state index contributed by atoms with van der Waals surface area (Å²) in [6, 6.07) is 0. The molecule has 19 heavy (non-hydrogen) atoms. The number of piperidine rings is 1. The third-order valence-corrected chi connectivity index (χ3v) is 6.29. The predicted molar refractivity (Wildman–Crippen MR) is 71.9 cm³/mol. The summed E-state index contributed by atoms with van der Waals surface area (Å²) < 4.78 is 27.9. The largest absolute Gasteiger partial charge is 0.393 e. The number of aryl methyl sites for hydroxylation is 1. The summed E-state index contributed by atoms with van der Waals surface area (Å²) in [7, 11) is -2.04. The molecule has 1 N–H and O–H groups in total. The fourth-order valence-electron chi connectivity index (χ4n) is 2.32. The summed E-state index contributed by atoms with van der Waals surface area (Å²) in [6.07, 6.45) is 0.939. The minimum absolute atomic E-state index is 0.0722. The highest BCUT2D eigenvalue weighted by molar-refractivity contribution is 9.10. The third-order valence-electron chi connectivity index (χ3n) is 3.50. The van der Waals surface area contributed by atoms with Gasteiger partial charge in [-0.25, -0.2) is 13.1 Å². The number of nitrogens with zero attached hydrogens (tertiary/aromatic N) is 4. The minimum atomic E-state index is -3.59. The molecule has 1 atom stereocenters. The zero-order valence-electron chi connectivity index (χ0n) is 10.8. The zero-order valence-corrected chi connectivity index (χ0v) is 13.2. The topological polar surface area (TPSA) is 88.3 Å². The van der Waals surface area contributed by atoms with Crippen molar-refractivity contribution in [2.45, 2.75) is 30.9 Å². The first-order valence-corrected chi connectivity index (χ1v) is 8.30. The summed E-state index contributed by atoms with van der Waals surface area (Å²) in [4.78, 5) is 0. The Balaban J connectivity index is 2.19. The van der Waals surface area contributed by atoms with E-state index in [1.165, 1.54) is 8.99 Å². The van der Waals surface area contributed by atoms with E-state index in [1.807, 2.05) is 0 Å². The number of aliphatic hydroxyl groups is 1. The van der Waals surface area contributed by atoms with Crippen LogP contribution in [-0.4, -0.2) is 52.0 Å². The van der Waals surface area contributed by atoms with Gasteiger partial charge in [-0.15, -0.1) is 5.10 Å². The molecule has 0 spiro atoms. The number of aliphatic hydroxyl groups excluding tert-OH is 1. The van der Waals surface area contributed by atoms with Gasteiger partial charge in [-0.2, -0.15) is 4.31 Å². The highest BCUT2D eigenvalue weighted by Gasteiger charge is 2.34. The lowest BCUT2D eigenvalue weighted by molar-refractivity contribution is 0.0911. The van der Waals surface area contributed by atoms with Crippen LogP contribution >= 0.6 is 15.9 Å². The Kier molecular flexibility index (Phi) is 4.29. The number of rotatable bonds is 3. The number of sulfonamides is 1. The third kappa shape index (κ3) is 2.83. The van der Waals surface area contributed by atoms with Gasteiger partial charge in [0.1, 0.15) is 0 Å². The molecule has 1 aliphatic rings. The van der Waals surface area contributed by atoms with E-state index in [9.17, 15) is 13.5 Å². The fourth-order valence-corrected chi connectivity index (χ4v) is 4.82. The van der Waals surface area contributed by atoms with Crippen LogP contribution in [0.5, 0.6) is 0 Å². The normalized spacial score (nSPS) is 20.6. The number of hydrogen-bond donors (Lipinski definition) is 1. The maximum absolute atomic E-state index is 12.5. The maximum Gasteiger partial charge on any atom is 0.263 e. The molecular weight excluding hydrogens is 336 g/mol. The van der Waals surface area contributed by atoms with Crippen molar-refractivity contribution in [2.75, 3.05) is 13.1 Å². The van der Waals surface area contributed by atoms with E-state index >= 15 is 0 Å². The molecule has 0 aliphatic carbocycles. The van der Waals surface area contributed by atoms with Crippen LogP contribution in [0.1, 0.15) is 19.8 Å². The number of aromatic nitrogens is 3. The Labute approximate surface area is 120 Å². The van der Waals surface area contributed by atoms with Gasteiger partial charge in [-0.3, -0.25) is 0 Å². The van der Waals surface area contributed by atoms with E-state index in [1.54, 1.807) is 14.0 Å². The Morgan fingerprint density at radius 2 is 2.00 bits per heavy atom. The van der Waals surface area contributed by atoms with Crippen molar-refractivity contribution in [1.82, 2.24) is 19.3 Å². The van der Waals surface area contributed by atoms with E-state index in [0.717, 1.165) is 0 Å². The lowest BCUT2D eigenvalue weighted by Crippen LogP contribution is -2.41. The molecule has 7 nitrogen and oxygen atoms in total. The molecule has 0 saturated carbocycles.